The van der Waals surface area contributed by atoms with Crippen LogP contribution >= 0.6 is 0 Å². The molecule has 0 radical (unpaired) electrons. The van der Waals surface area contributed by atoms with E-state index in [0.717, 1.165) is 0 Å². The molecule has 3 heteroatoms. The molecule has 50 valence electrons. The Balaban J connectivity index is 2.77. The van der Waals surface area contributed by atoms with Gasteiger partial charge in [0, 0.05) is 0 Å². The van der Waals surface area contributed by atoms with Crippen LogP contribution < -0.4 is 0 Å². The first-order valence-electron chi connectivity index (χ1n) is 2.90. The second-order valence-electron chi connectivity index (χ2n) is 2.34. The fourth-order valence-corrected chi connectivity index (χ4v) is 0.707. The van der Waals surface area contributed by atoms with Gasteiger partial charge in [-0.05, 0) is 13.8 Å². The minimum absolute atomic E-state index is 0.141. The Labute approximate surface area is 53.0 Å². The number of rotatable bonds is 0. The molecule has 0 amide bonds. The lowest BCUT2D eigenvalue weighted by Gasteiger charge is -1.91. The van der Waals surface area contributed by atoms with E-state index in [-0.39, 0.29) is 23.8 Å². The maximum atomic E-state index is 10.6. The highest BCUT2D eigenvalue weighted by atomic mass is 16.6. The highest BCUT2D eigenvalue weighted by molar-refractivity contribution is 5.96. The minimum atomic E-state index is -0.333. The van der Waals surface area contributed by atoms with Gasteiger partial charge in [-0.3, -0.25) is 0 Å². The number of hydrogen-bond donors (Lipinski definition) is 0. The molecular formula is C6H9O3+. The van der Waals surface area contributed by atoms with E-state index in [0.29, 0.717) is 0 Å². The van der Waals surface area contributed by atoms with Crippen LogP contribution in [0.25, 0.3) is 0 Å². The summed E-state index contributed by atoms with van der Waals surface area (Å²) < 4.78 is 4.42. The number of hydrogen-bond acceptors (Lipinski definition) is 2. The zero-order valence-corrected chi connectivity index (χ0v) is 5.42. The van der Waals surface area contributed by atoms with Gasteiger partial charge in [0.25, 0.3) is 0 Å². The van der Waals surface area contributed by atoms with E-state index in [2.05, 4.69) is 4.74 Å². The molecule has 2 unspecified atom stereocenters. The van der Waals surface area contributed by atoms with Gasteiger partial charge in [0.05, 0.1) is 0 Å². The summed E-state index contributed by atoms with van der Waals surface area (Å²) >= 11 is 0. The molecule has 1 aliphatic heterocycles. The van der Waals surface area contributed by atoms with Gasteiger partial charge in [-0.25, -0.2) is 9.53 Å². The molecule has 0 aliphatic carbocycles. The van der Waals surface area contributed by atoms with Crippen LogP contribution in [0.1, 0.15) is 13.8 Å². The van der Waals surface area contributed by atoms with Gasteiger partial charge < -0.3 is 4.79 Å². The average Bonchev–Trinajstić information content (AvgIpc) is 1.98. The van der Waals surface area contributed by atoms with Crippen molar-refractivity contribution >= 4 is 11.9 Å². The van der Waals surface area contributed by atoms with Crippen LogP contribution in [0.3, 0.4) is 0 Å². The maximum absolute atomic E-state index is 10.6. The summed E-state index contributed by atoms with van der Waals surface area (Å²) in [7, 11) is 0. The molecule has 0 aromatic heterocycles. The SMILES string of the molecule is CC1C(=O)OC(=[OH+])C1C. The number of carbonyl (C=O) groups excluding carboxylic acids is 2. The van der Waals surface area contributed by atoms with Crippen molar-refractivity contribution in [3.63, 3.8) is 0 Å². The van der Waals surface area contributed by atoms with Crippen molar-refractivity contribution in [1.82, 2.24) is 0 Å². The van der Waals surface area contributed by atoms with Gasteiger partial charge in [0.1, 0.15) is 11.8 Å². The third-order valence-corrected chi connectivity index (χ3v) is 1.72. The van der Waals surface area contributed by atoms with E-state index < -0.39 is 0 Å². The van der Waals surface area contributed by atoms with Crippen LogP contribution in [-0.2, 0) is 9.53 Å². The molecule has 1 saturated heterocycles. The van der Waals surface area contributed by atoms with Crippen LogP contribution in [0.5, 0.6) is 0 Å². The zero-order valence-electron chi connectivity index (χ0n) is 5.42. The maximum Gasteiger partial charge on any atom is 0.495 e. The van der Waals surface area contributed by atoms with Crippen LogP contribution in [0, 0.1) is 11.8 Å². The predicted octanol–water partition coefficient (Wildman–Crippen LogP) is 0.318. The predicted molar refractivity (Wildman–Crippen MR) is 31.4 cm³/mol. The zero-order chi connectivity index (χ0) is 7.02. The quantitative estimate of drug-likeness (QED) is 0.268. The second kappa shape index (κ2) is 1.83. The van der Waals surface area contributed by atoms with Crippen molar-refractivity contribution in [3.05, 3.63) is 0 Å². The topological polar surface area (TPSA) is 47.7 Å². The summed E-state index contributed by atoms with van der Waals surface area (Å²) in [4.78, 5) is 19.4. The molecule has 1 N–H and O–H groups in total. The van der Waals surface area contributed by atoms with Gasteiger partial charge in [0.15, 0.2) is 0 Å². The Morgan fingerprint density at radius 3 is 2.11 bits per heavy atom. The molecule has 1 fully saturated rings. The summed E-state index contributed by atoms with van der Waals surface area (Å²) in [5.74, 6) is -0.810. The number of carbonyl (C=O) groups is 1. The van der Waals surface area contributed by atoms with Crippen LogP contribution in [0.4, 0.5) is 0 Å². The first-order chi connectivity index (χ1) is 4.13. The van der Waals surface area contributed by atoms with Crippen molar-refractivity contribution in [2.75, 3.05) is 0 Å². The fourth-order valence-electron chi connectivity index (χ4n) is 0.707. The van der Waals surface area contributed by atoms with Gasteiger partial charge in [0.2, 0.25) is 0 Å². The van der Waals surface area contributed by atoms with E-state index in [1.807, 2.05) is 0 Å². The molecule has 2 atom stereocenters. The van der Waals surface area contributed by atoms with Gasteiger partial charge in [-0.15, -0.1) is 0 Å². The lowest BCUT2D eigenvalue weighted by molar-refractivity contribution is -0.136. The number of cyclic esters (lactones) is 2. The lowest BCUT2D eigenvalue weighted by atomic mass is 10.00. The van der Waals surface area contributed by atoms with E-state index in [4.69, 9.17) is 4.79 Å². The highest BCUT2D eigenvalue weighted by Crippen LogP contribution is 2.21. The highest BCUT2D eigenvalue weighted by Gasteiger charge is 2.46. The molecule has 0 bridgehead atoms. The molecule has 0 aromatic rings. The second-order valence-corrected chi connectivity index (χ2v) is 2.34. The third-order valence-electron chi connectivity index (χ3n) is 1.72. The summed E-state index contributed by atoms with van der Waals surface area (Å²) in [5.41, 5.74) is 0. The molecule has 1 aliphatic rings. The molecule has 9 heavy (non-hydrogen) atoms. The summed E-state index contributed by atoms with van der Waals surface area (Å²) in [6, 6.07) is 0. The van der Waals surface area contributed by atoms with E-state index >= 15 is 0 Å². The smallest absolute Gasteiger partial charge is 0.338 e. The first-order valence-corrected chi connectivity index (χ1v) is 2.90. The Morgan fingerprint density at radius 1 is 1.44 bits per heavy atom. The Bertz CT molecular complexity index is 144. The van der Waals surface area contributed by atoms with Crippen LogP contribution in [-0.4, -0.2) is 16.7 Å². The standard InChI is InChI=1S/C6H8O3/c1-3-4(2)6(8)9-5(3)7/h3-4H,1-2H3/p+1. The van der Waals surface area contributed by atoms with E-state index in [1.165, 1.54) is 0 Å². The summed E-state index contributed by atoms with van der Waals surface area (Å²) in [6.07, 6.45) is 0. The minimum Gasteiger partial charge on any atom is -0.338 e. The van der Waals surface area contributed by atoms with Crippen molar-refractivity contribution in [3.8, 4) is 0 Å². The molecule has 3 nitrogen and oxygen atoms in total. The van der Waals surface area contributed by atoms with Gasteiger partial charge in [-0.2, -0.15) is 0 Å². The molecule has 0 aromatic carbocycles. The first kappa shape index (κ1) is 6.26. The van der Waals surface area contributed by atoms with E-state index in [1.54, 1.807) is 13.8 Å². The normalized spacial score (nSPS) is 34.9. The average molecular weight is 129 g/mol. The third kappa shape index (κ3) is 0.823. The van der Waals surface area contributed by atoms with Crippen LogP contribution in [0.2, 0.25) is 0 Å². The van der Waals surface area contributed by atoms with Crippen LogP contribution in [0.15, 0.2) is 0 Å². The Kier molecular flexibility index (Phi) is 1.27. The largest absolute Gasteiger partial charge is 0.495 e. The monoisotopic (exact) mass is 129 g/mol. The van der Waals surface area contributed by atoms with Crippen molar-refractivity contribution in [2.24, 2.45) is 11.8 Å². The summed E-state index contributed by atoms with van der Waals surface area (Å²) in [6.45, 7) is 3.49. The Morgan fingerprint density at radius 2 is 2.00 bits per heavy atom. The van der Waals surface area contributed by atoms with Gasteiger partial charge >= 0.3 is 11.9 Å². The van der Waals surface area contributed by atoms with Crippen molar-refractivity contribution < 1.29 is 14.3 Å². The van der Waals surface area contributed by atoms with E-state index in [9.17, 15) is 4.79 Å². The molecule has 1 heterocycles. The fraction of sp³-hybridized carbons (Fsp3) is 0.667. The van der Waals surface area contributed by atoms with Gasteiger partial charge in [-0.1, -0.05) is 0 Å². The molecular weight excluding hydrogens is 120 g/mol. The molecule has 0 spiro atoms. The lowest BCUT2D eigenvalue weighted by Crippen LogP contribution is -2.09. The number of ether oxygens (including phenoxy) is 1. The molecule has 0 saturated carbocycles. The molecule has 1 rings (SSSR count). The number of esters is 2. The van der Waals surface area contributed by atoms with Crippen molar-refractivity contribution in [2.45, 2.75) is 13.8 Å². The van der Waals surface area contributed by atoms with Crippen molar-refractivity contribution in [1.29, 1.82) is 0 Å². The summed E-state index contributed by atoms with van der Waals surface area (Å²) in [5, 5.41) is 0. The Hall–Kier alpha value is -0.860.